The van der Waals surface area contributed by atoms with Crippen molar-refractivity contribution in [2.75, 3.05) is 0 Å². The van der Waals surface area contributed by atoms with Crippen molar-refractivity contribution in [1.82, 2.24) is 0 Å². The third-order valence-electron chi connectivity index (χ3n) is 3.55. The van der Waals surface area contributed by atoms with Crippen LogP contribution in [0, 0.1) is 0 Å². The first-order valence-corrected chi connectivity index (χ1v) is 6.55. The standard InChI is InChI=1S/C16H14O7/c17-11-7-3-1-5-9(11)13(14(19)20)16(23,15(21)22)10-6-2-4-8-12(10)18/h1-8,13,17-18,23H,(H,19,20)(H,21,22). The minimum atomic E-state index is -2.98. The largest absolute Gasteiger partial charge is 0.508 e. The average molecular weight is 318 g/mol. The SMILES string of the molecule is O=C(O)C(c1ccccc1O)C(O)(C(=O)O)c1ccccc1O. The number of phenolic OH excluding ortho intramolecular Hbond substituents is 2. The zero-order valence-corrected chi connectivity index (χ0v) is 11.7. The predicted octanol–water partition coefficient (Wildman–Crippen LogP) is 1.24. The van der Waals surface area contributed by atoms with E-state index in [1.807, 2.05) is 0 Å². The summed E-state index contributed by atoms with van der Waals surface area (Å²) in [7, 11) is 0. The van der Waals surface area contributed by atoms with Gasteiger partial charge < -0.3 is 25.5 Å². The lowest BCUT2D eigenvalue weighted by Gasteiger charge is -2.31. The Morgan fingerprint density at radius 2 is 1.39 bits per heavy atom. The fraction of sp³-hybridized carbons (Fsp3) is 0.125. The Bertz CT molecular complexity index is 756. The highest BCUT2D eigenvalue weighted by molar-refractivity contribution is 5.91. The number of aromatic hydroxyl groups is 2. The van der Waals surface area contributed by atoms with E-state index in [2.05, 4.69) is 0 Å². The molecule has 2 aromatic carbocycles. The molecule has 0 aliphatic heterocycles. The zero-order chi connectivity index (χ0) is 17.2. The van der Waals surface area contributed by atoms with Crippen LogP contribution < -0.4 is 0 Å². The fourth-order valence-corrected chi connectivity index (χ4v) is 2.46. The number of carboxylic acid groups (broad SMARTS) is 2. The van der Waals surface area contributed by atoms with Gasteiger partial charge in [-0.05, 0) is 12.1 Å². The number of aliphatic carboxylic acids is 2. The third kappa shape index (κ3) is 2.69. The molecule has 2 rings (SSSR count). The van der Waals surface area contributed by atoms with Gasteiger partial charge in [-0.25, -0.2) is 4.79 Å². The summed E-state index contributed by atoms with van der Waals surface area (Å²) in [5, 5.41) is 49.4. The van der Waals surface area contributed by atoms with Crippen LogP contribution in [0.3, 0.4) is 0 Å². The molecule has 0 heterocycles. The van der Waals surface area contributed by atoms with Crippen molar-refractivity contribution >= 4 is 11.9 Å². The lowest BCUT2D eigenvalue weighted by atomic mass is 9.76. The van der Waals surface area contributed by atoms with Gasteiger partial charge in [-0.3, -0.25) is 4.79 Å². The molecule has 7 heteroatoms. The maximum Gasteiger partial charge on any atom is 0.341 e. The van der Waals surface area contributed by atoms with E-state index < -0.39 is 40.5 Å². The molecule has 0 amide bonds. The van der Waals surface area contributed by atoms with Crippen LogP contribution in [0.2, 0.25) is 0 Å². The monoisotopic (exact) mass is 318 g/mol. The predicted molar refractivity (Wildman–Crippen MR) is 78.1 cm³/mol. The average Bonchev–Trinajstić information content (AvgIpc) is 2.49. The van der Waals surface area contributed by atoms with Crippen LogP contribution in [0.4, 0.5) is 0 Å². The van der Waals surface area contributed by atoms with E-state index in [9.17, 15) is 35.1 Å². The number of hydrogen-bond donors (Lipinski definition) is 5. The van der Waals surface area contributed by atoms with Gasteiger partial charge in [-0.15, -0.1) is 0 Å². The van der Waals surface area contributed by atoms with Crippen molar-refractivity contribution in [2.45, 2.75) is 11.5 Å². The molecule has 2 unspecified atom stereocenters. The van der Waals surface area contributed by atoms with Crippen molar-refractivity contribution in [2.24, 2.45) is 0 Å². The van der Waals surface area contributed by atoms with Crippen LogP contribution in [0.15, 0.2) is 48.5 Å². The summed E-state index contributed by atoms with van der Waals surface area (Å²) >= 11 is 0. The molecule has 0 spiro atoms. The van der Waals surface area contributed by atoms with Crippen molar-refractivity contribution in [3.63, 3.8) is 0 Å². The number of carboxylic acids is 2. The molecule has 7 nitrogen and oxygen atoms in total. The molecule has 0 aliphatic carbocycles. The molecule has 23 heavy (non-hydrogen) atoms. The molecule has 0 fully saturated rings. The molecule has 0 saturated heterocycles. The highest BCUT2D eigenvalue weighted by Crippen LogP contribution is 2.43. The van der Waals surface area contributed by atoms with Crippen molar-refractivity contribution < 1.29 is 35.1 Å². The van der Waals surface area contributed by atoms with Gasteiger partial charge in [-0.1, -0.05) is 36.4 Å². The normalized spacial score (nSPS) is 14.7. The van der Waals surface area contributed by atoms with E-state index in [0.717, 1.165) is 12.1 Å². The number of carbonyl (C=O) groups is 2. The zero-order valence-electron chi connectivity index (χ0n) is 11.7. The Labute approximate surface area is 130 Å². The highest BCUT2D eigenvalue weighted by atomic mass is 16.4. The van der Waals surface area contributed by atoms with Gasteiger partial charge in [0.1, 0.15) is 17.4 Å². The van der Waals surface area contributed by atoms with Gasteiger partial charge in [0, 0.05) is 11.1 Å². The van der Waals surface area contributed by atoms with Gasteiger partial charge in [0.2, 0.25) is 5.60 Å². The summed E-state index contributed by atoms with van der Waals surface area (Å²) in [5.74, 6) is -6.61. The summed E-state index contributed by atoms with van der Waals surface area (Å²) in [6.07, 6.45) is 0. The number of aliphatic hydroxyl groups is 1. The van der Waals surface area contributed by atoms with E-state index in [1.165, 1.54) is 36.4 Å². The molecule has 0 bridgehead atoms. The number of benzene rings is 2. The van der Waals surface area contributed by atoms with Gasteiger partial charge in [0.15, 0.2) is 0 Å². The summed E-state index contributed by atoms with van der Waals surface area (Å²) in [6, 6.07) is 10.2. The molecular weight excluding hydrogens is 304 g/mol. The Morgan fingerprint density at radius 1 is 0.870 bits per heavy atom. The molecule has 0 saturated carbocycles. The molecule has 0 aromatic heterocycles. The fourth-order valence-electron chi connectivity index (χ4n) is 2.46. The smallest absolute Gasteiger partial charge is 0.341 e. The number of hydrogen-bond acceptors (Lipinski definition) is 5. The van der Waals surface area contributed by atoms with Crippen molar-refractivity contribution in [3.05, 3.63) is 59.7 Å². The summed E-state index contributed by atoms with van der Waals surface area (Å²) < 4.78 is 0. The maximum atomic E-state index is 11.7. The van der Waals surface area contributed by atoms with E-state index in [4.69, 9.17) is 0 Å². The molecule has 120 valence electrons. The first-order chi connectivity index (χ1) is 10.8. The number of phenols is 2. The van der Waals surface area contributed by atoms with Crippen LogP contribution in [0.5, 0.6) is 11.5 Å². The second-order valence-electron chi connectivity index (χ2n) is 4.92. The van der Waals surface area contributed by atoms with Crippen LogP contribution in [-0.2, 0) is 15.2 Å². The van der Waals surface area contributed by atoms with Gasteiger partial charge in [0.05, 0.1) is 0 Å². The van der Waals surface area contributed by atoms with E-state index in [-0.39, 0.29) is 5.56 Å². The van der Waals surface area contributed by atoms with Gasteiger partial charge in [-0.2, -0.15) is 0 Å². The Kier molecular flexibility index (Phi) is 4.24. The highest BCUT2D eigenvalue weighted by Gasteiger charge is 2.53. The molecule has 0 aliphatic rings. The summed E-state index contributed by atoms with van der Waals surface area (Å²) in [4.78, 5) is 23.4. The van der Waals surface area contributed by atoms with Crippen LogP contribution in [0.1, 0.15) is 17.0 Å². The Balaban J connectivity index is 2.76. The molecule has 5 N–H and O–H groups in total. The van der Waals surface area contributed by atoms with Gasteiger partial charge in [0.25, 0.3) is 0 Å². The molecule has 0 radical (unpaired) electrons. The van der Waals surface area contributed by atoms with E-state index in [0.29, 0.717) is 0 Å². The number of para-hydroxylation sites is 2. The number of rotatable bonds is 5. The third-order valence-corrected chi connectivity index (χ3v) is 3.55. The van der Waals surface area contributed by atoms with Crippen molar-refractivity contribution in [1.29, 1.82) is 0 Å². The maximum absolute atomic E-state index is 11.7. The molecule has 2 aromatic rings. The minimum Gasteiger partial charge on any atom is -0.508 e. The van der Waals surface area contributed by atoms with Crippen LogP contribution in [-0.4, -0.2) is 37.5 Å². The first-order valence-electron chi connectivity index (χ1n) is 6.55. The summed E-state index contributed by atoms with van der Waals surface area (Å²) in [5.41, 5.74) is -3.74. The lowest BCUT2D eigenvalue weighted by Crippen LogP contribution is -2.45. The van der Waals surface area contributed by atoms with Gasteiger partial charge >= 0.3 is 11.9 Å². The topological polar surface area (TPSA) is 135 Å². The van der Waals surface area contributed by atoms with Crippen LogP contribution >= 0.6 is 0 Å². The second-order valence-corrected chi connectivity index (χ2v) is 4.92. The molecular formula is C16H14O7. The van der Waals surface area contributed by atoms with E-state index >= 15 is 0 Å². The van der Waals surface area contributed by atoms with Crippen molar-refractivity contribution in [3.8, 4) is 11.5 Å². The Morgan fingerprint density at radius 3 is 1.87 bits per heavy atom. The summed E-state index contributed by atoms with van der Waals surface area (Å²) in [6.45, 7) is 0. The van der Waals surface area contributed by atoms with Crippen LogP contribution in [0.25, 0.3) is 0 Å². The lowest BCUT2D eigenvalue weighted by molar-refractivity contribution is -0.170. The minimum absolute atomic E-state index is 0.284. The second kappa shape index (κ2) is 5.98. The molecule has 2 atom stereocenters. The first kappa shape index (κ1) is 16.3. The van der Waals surface area contributed by atoms with E-state index in [1.54, 1.807) is 0 Å². The Hall–Kier alpha value is -3.06. The quantitative estimate of drug-likeness (QED) is 0.559.